The first-order chi connectivity index (χ1) is 13.7. The Balaban J connectivity index is 1.83. The lowest BCUT2D eigenvalue weighted by atomic mass is 10.2. The lowest BCUT2D eigenvalue weighted by molar-refractivity contribution is -0.121. The number of aromatic nitrogens is 2. The molecule has 1 fully saturated rings. The van der Waals surface area contributed by atoms with Gasteiger partial charge in [0, 0.05) is 34.5 Å². The molecule has 2 heterocycles. The maximum Gasteiger partial charge on any atom is 0.343 e. The number of ether oxygens (including phenoxy) is 1. The van der Waals surface area contributed by atoms with Crippen LogP contribution in [0.15, 0.2) is 32.9 Å². The molecule has 0 saturated carbocycles. The van der Waals surface area contributed by atoms with E-state index in [4.69, 9.17) is 16.3 Å². The molecule has 0 bridgehead atoms. The van der Waals surface area contributed by atoms with Crippen LogP contribution >= 0.6 is 39.3 Å². The highest BCUT2D eigenvalue weighted by atomic mass is 79.9. The molecule has 0 aliphatic carbocycles. The van der Waals surface area contributed by atoms with Gasteiger partial charge in [0.1, 0.15) is 18.0 Å². The Morgan fingerprint density at radius 1 is 1.45 bits per heavy atom. The smallest absolute Gasteiger partial charge is 0.343 e. The summed E-state index contributed by atoms with van der Waals surface area (Å²) < 4.78 is 17.6. The van der Waals surface area contributed by atoms with Gasteiger partial charge in [-0.3, -0.25) is 14.5 Å². The Morgan fingerprint density at radius 2 is 2.17 bits per heavy atom. The van der Waals surface area contributed by atoms with E-state index in [1.807, 2.05) is 0 Å². The second kappa shape index (κ2) is 8.92. The topological polar surface area (TPSA) is 116 Å². The first-order valence-corrected chi connectivity index (χ1v) is 11.4. The molecule has 2 amide bonds. The molecule has 1 unspecified atom stereocenters. The highest BCUT2D eigenvalue weighted by Crippen LogP contribution is 2.37. The molecular formula is C17H13BrClN3O5S2. The fourth-order valence-electron chi connectivity index (χ4n) is 2.23. The van der Waals surface area contributed by atoms with Gasteiger partial charge in [0.15, 0.2) is 11.5 Å². The zero-order chi connectivity index (χ0) is 21.3. The summed E-state index contributed by atoms with van der Waals surface area (Å²) in [6.45, 7) is -0.0461. The SMILES string of the molecule is CN1C(=O)S/C(=C\c2cc(OCc3cnc([S+](C)[O-])nc3Cl)c(O)cc2Br)C1=O. The van der Waals surface area contributed by atoms with E-state index in [1.54, 1.807) is 0 Å². The molecular weight excluding hydrogens is 506 g/mol. The molecule has 8 nitrogen and oxygen atoms in total. The average molecular weight is 519 g/mol. The monoisotopic (exact) mass is 517 g/mol. The number of aromatic hydroxyl groups is 1. The van der Waals surface area contributed by atoms with E-state index in [2.05, 4.69) is 25.9 Å². The first-order valence-electron chi connectivity index (χ1n) is 7.89. The summed E-state index contributed by atoms with van der Waals surface area (Å²) in [5.74, 6) is -0.407. The third-order valence-electron chi connectivity index (χ3n) is 3.78. The number of phenolic OH excluding ortho intramolecular Hbond substituents is 1. The minimum atomic E-state index is -1.36. The zero-order valence-electron chi connectivity index (χ0n) is 15.0. The number of halogens is 2. The number of benzene rings is 1. The molecule has 1 saturated heterocycles. The van der Waals surface area contributed by atoms with Gasteiger partial charge < -0.3 is 14.4 Å². The van der Waals surface area contributed by atoms with Gasteiger partial charge in [-0.2, -0.15) is 9.97 Å². The number of amides is 2. The Hall–Kier alpha value is -1.79. The van der Waals surface area contributed by atoms with Crippen molar-refractivity contribution in [1.82, 2.24) is 14.9 Å². The van der Waals surface area contributed by atoms with E-state index < -0.39 is 17.1 Å². The molecule has 1 atom stereocenters. The Bertz CT molecular complexity index is 1030. The highest BCUT2D eigenvalue weighted by Gasteiger charge is 2.32. The van der Waals surface area contributed by atoms with Gasteiger partial charge in [0.25, 0.3) is 11.1 Å². The average Bonchev–Trinajstić information content (AvgIpc) is 2.90. The molecule has 1 aliphatic rings. The van der Waals surface area contributed by atoms with Gasteiger partial charge in [-0.25, -0.2) is 0 Å². The molecule has 1 aromatic heterocycles. The number of imide groups is 1. The van der Waals surface area contributed by atoms with Crippen molar-refractivity contribution in [3.8, 4) is 11.5 Å². The molecule has 0 radical (unpaired) electrons. The predicted molar refractivity (Wildman–Crippen MR) is 113 cm³/mol. The van der Waals surface area contributed by atoms with Crippen LogP contribution in [0.5, 0.6) is 11.5 Å². The van der Waals surface area contributed by atoms with E-state index in [0.29, 0.717) is 15.6 Å². The molecule has 1 aliphatic heterocycles. The Labute approximate surface area is 186 Å². The van der Waals surface area contributed by atoms with Crippen LogP contribution in [0.25, 0.3) is 6.08 Å². The molecule has 2 aromatic rings. The minimum Gasteiger partial charge on any atom is -0.609 e. The fraction of sp³-hybridized carbons (Fsp3) is 0.176. The number of carbonyl (C=O) groups excluding carboxylic acids is 2. The third-order valence-corrected chi connectivity index (χ3v) is 6.47. The standard InChI is InChI=1S/C17H13BrClN3O5S2/c1-22-15(24)13(28-17(22)25)4-8-3-12(11(23)5-10(8)18)27-7-9-6-20-16(29(2)26)21-14(9)19/h3-6,23H,7H2,1-2H3/b13-4-. The van der Waals surface area contributed by atoms with Crippen molar-refractivity contribution >= 4 is 67.7 Å². The van der Waals surface area contributed by atoms with Gasteiger partial charge in [-0.15, -0.1) is 0 Å². The molecule has 152 valence electrons. The van der Waals surface area contributed by atoms with Crippen molar-refractivity contribution in [1.29, 1.82) is 0 Å². The number of phenols is 1. The summed E-state index contributed by atoms with van der Waals surface area (Å²) in [7, 11) is 1.41. The van der Waals surface area contributed by atoms with E-state index in [0.717, 1.165) is 16.7 Å². The van der Waals surface area contributed by atoms with Crippen LogP contribution in [0.3, 0.4) is 0 Å². The first kappa shape index (κ1) is 21.9. The third kappa shape index (κ3) is 4.86. The largest absolute Gasteiger partial charge is 0.609 e. The summed E-state index contributed by atoms with van der Waals surface area (Å²) in [6, 6.07) is 2.94. The molecule has 29 heavy (non-hydrogen) atoms. The van der Waals surface area contributed by atoms with Crippen LogP contribution in [0.1, 0.15) is 11.1 Å². The number of thioether (sulfide) groups is 1. The highest BCUT2D eigenvalue weighted by molar-refractivity contribution is 9.10. The van der Waals surface area contributed by atoms with E-state index in [1.165, 1.54) is 37.7 Å². The number of hydrogen-bond donors (Lipinski definition) is 1. The fourth-order valence-corrected chi connectivity index (χ4v) is 4.15. The summed E-state index contributed by atoms with van der Waals surface area (Å²) in [5.41, 5.74) is 0.979. The second-order valence-electron chi connectivity index (χ2n) is 5.79. The zero-order valence-corrected chi connectivity index (χ0v) is 19.0. The minimum absolute atomic E-state index is 0.0461. The summed E-state index contributed by atoms with van der Waals surface area (Å²) in [4.78, 5) is 32.9. The van der Waals surface area contributed by atoms with Gasteiger partial charge >= 0.3 is 5.16 Å². The Morgan fingerprint density at radius 3 is 2.76 bits per heavy atom. The molecule has 3 rings (SSSR count). The number of rotatable bonds is 5. The van der Waals surface area contributed by atoms with Gasteiger partial charge in [-0.1, -0.05) is 27.5 Å². The maximum atomic E-state index is 12.1. The molecule has 1 aromatic carbocycles. The summed E-state index contributed by atoms with van der Waals surface area (Å²) in [5, 5.41) is 10.0. The van der Waals surface area contributed by atoms with Crippen LogP contribution in [0.4, 0.5) is 4.79 Å². The van der Waals surface area contributed by atoms with Crippen LogP contribution in [0, 0.1) is 0 Å². The predicted octanol–water partition coefficient (Wildman–Crippen LogP) is 3.58. The lowest BCUT2D eigenvalue weighted by Crippen LogP contribution is -2.22. The summed E-state index contributed by atoms with van der Waals surface area (Å²) in [6.07, 6.45) is 4.38. The van der Waals surface area contributed by atoms with Crippen LogP contribution < -0.4 is 4.74 Å². The number of hydrogen-bond acceptors (Lipinski definition) is 8. The van der Waals surface area contributed by atoms with Crippen LogP contribution in [-0.2, 0) is 22.6 Å². The van der Waals surface area contributed by atoms with Crippen LogP contribution in [-0.4, -0.2) is 49.0 Å². The summed E-state index contributed by atoms with van der Waals surface area (Å²) >= 11 is 8.85. The molecule has 0 spiro atoms. The Kier molecular flexibility index (Phi) is 6.74. The van der Waals surface area contributed by atoms with E-state index >= 15 is 0 Å². The van der Waals surface area contributed by atoms with Crippen molar-refractivity contribution in [3.63, 3.8) is 0 Å². The number of nitrogens with zero attached hydrogens (tertiary/aromatic N) is 3. The quantitative estimate of drug-likeness (QED) is 0.276. The maximum absolute atomic E-state index is 12.1. The van der Waals surface area contributed by atoms with Gasteiger partial charge in [0.2, 0.25) is 0 Å². The number of carbonyl (C=O) groups is 2. The molecule has 1 N–H and O–H groups in total. The molecule has 12 heteroatoms. The van der Waals surface area contributed by atoms with E-state index in [9.17, 15) is 19.2 Å². The normalized spacial score (nSPS) is 16.6. The van der Waals surface area contributed by atoms with Crippen molar-refractivity contribution in [2.75, 3.05) is 13.3 Å². The van der Waals surface area contributed by atoms with Crippen LogP contribution in [0.2, 0.25) is 5.15 Å². The van der Waals surface area contributed by atoms with Crippen molar-refractivity contribution in [3.05, 3.63) is 44.0 Å². The van der Waals surface area contributed by atoms with Crippen molar-refractivity contribution in [2.24, 2.45) is 0 Å². The second-order valence-corrected chi connectivity index (χ2v) is 9.27. The van der Waals surface area contributed by atoms with Gasteiger partial charge in [0.05, 0.1) is 4.91 Å². The lowest BCUT2D eigenvalue weighted by Gasteiger charge is -2.11. The van der Waals surface area contributed by atoms with Crippen molar-refractivity contribution < 1.29 is 24.0 Å². The van der Waals surface area contributed by atoms with Gasteiger partial charge in [-0.05, 0) is 35.5 Å². The number of likely N-dealkylation sites (N-methyl/N-ethyl adjacent to an activating group) is 1. The van der Waals surface area contributed by atoms with Crippen molar-refractivity contribution in [2.45, 2.75) is 11.8 Å². The van der Waals surface area contributed by atoms with E-state index in [-0.39, 0.29) is 38.6 Å².